The van der Waals surface area contributed by atoms with Crippen LogP contribution in [0, 0.1) is 13.8 Å². The lowest BCUT2D eigenvalue weighted by Gasteiger charge is -2.01. The molecule has 0 fully saturated rings. The molecule has 0 bridgehead atoms. The van der Waals surface area contributed by atoms with Gasteiger partial charge in [-0.1, -0.05) is 17.7 Å². The van der Waals surface area contributed by atoms with Crippen molar-refractivity contribution < 1.29 is 0 Å². The summed E-state index contributed by atoms with van der Waals surface area (Å²) in [6.45, 7) is 7.87. The molecular formula is C15H19N3O. The topological polar surface area (TPSA) is 50.1 Å². The molecule has 1 aromatic heterocycles. The Bertz CT molecular complexity index is 645. The molecule has 2 aromatic rings. The van der Waals surface area contributed by atoms with Gasteiger partial charge in [-0.25, -0.2) is 4.68 Å². The molecule has 1 aromatic carbocycles. The fourth-order valence-electron chi connectivity index (χ4n) is 1.81. The Balaban J connectivity index is 2.47. The maximum atomic E-state index is 12.3. The molecule has 4 heteroatoms. The Labute approximate surface area is 112 Å². The van der Waals surface area contributed by atoms with Crippen LogP contribution in [0.4, 0.5) is 0 Å². The van der Waals surface area contributed by atoms with Crippen LogP contribution in [0.5, 0.6) is 0 Å². The average molecular weight is 257 g/mol. The number of hydrogen-bond acceptors (Lipinski definition) is 2. The van der Waals surface area contributed by atoms with E-state index in [0.29, 0.717) is 5.56 Å². The Morgan fingerprint density at radius 1 is 1.21 bits per heavy atom. The number of aryl methyl sites for hydroxylation is 2. The lowest BCUT2D eigenvalue weighted by molar-refractivity contribution is 0.834. The predicted octanol–water partition coefficient (Wildman–Crippen LogP) is 2.61. The van der Waals surface area contributed by atoms with E-state index in [1.807, 2.05) is 52.0 Å². The third-order valence-electron chi connectivity index (χ3n) is 2.91. The van der Waals surface area contributed by atoms with E-state index >= 15 is 0 Å². The highest BCUT2D eigenvalue weighted by Crippen LogP contribution is 2.08. The van der Waals surface area contributed by atoms with Crippen molar-refractivity contribution >= 4 is 6.21 Å². The zero-order valence-corrected chi connectivity index (χ0v) is 11.8. The molecule has 0 atom stereocenters. The van der Waals surface area contributed by atoms with Crippen LogP contribution in [0.15, 0.2) is 34.1 Å². The van der Waals surface area contributed by atoms with Crippen LogP contribution in [-0.4, -0.2) is 22.0 Å². The average Bonchev–Trinajstić information content (AvgIpc) is 2.63. The number of nitrogens with zero attached hydrogens (tertiary/aromatic N) is 2. The van der Waals surface area contributed by atoms with Crippen molar-refractivity contribution in [1.82, 2.24) is 9.78 Å². The molecule has 0 saturated heterocycles. The van der Waals surface area contributed by atoms with E-state index in [-0.39, 0.29) is 11.6 Å². The molecular weight excluding hydrogens is 238 g/mol. The van der Waals surface area contributed by atoms with E-state index in [9.17, 15) is 4.79 Å². The summed E-state index contributed by atoms with van der Waals surface area (Å²) in [5.74, 6) is 0. The molecule has 100 valence electrons. The standard InChI is InChI=1S/C15H19N3O/c1-10(2)16-9-14-12(4)17-18(15(14)19)13-7-5-11(3)6-8-13/h5-10,17H,1-4H3. The first-order chi connectivity index (χ1) is 8.99. The highest BCUT2D eigenvalue weighted by molar-refractivity contribution is 5.80. The van der Waals surface area contributed by atoms with Crippen LogP contribution in [0.2, 0.25) is 0 Å². The van der Waals surface area contributed by atoms with Crippen molar-refractivity contribution in [1.29, 1.82) is 0 Å². The first-order valence-corrected chi connectivity index (χ1v) is 6.41. The van der Waals surface area contributed by atoms with Gasteiger partial charge in [0.25, 0.3) is 5.56 Å². The second-order valence-corrected chi connectivity index (χ2v) is 5.00. The highest BCUT2D eigenvalue weighted by Gasteiger charge is 2.10. The Hall–Kier alpha value is -2.10. The van der Waals surface area contributed by atoms with Crippen LogP contribution < -0.4 is 5.56 Å². The number of benzene rings is 1. The monoisotopic (exact) mass is 257 g/mol. The van der Waals surface area contributed by atoms with Crippen LogP contribution in [0.3, 0.4) is 0 Å². The normalized spacial score (nSPS) is 11.6. The van der Waals surface area contributed by atoms with E-state index in [4.69, 9.17) is 0 Å². The van der Waals surface area contributed by atoms with E-state index in [1.54, 1.807) is 10.9 Å². The van der Waals surface area contributed by atoms with Gasteiger partial charge in [-0.2, -0.15) is 0 Å². The molecule has 4 nitrogen and oxygen atoms in total. The first kappa shape index (κ1) is 13.3. The molecule has 1 N–H and O–H groups in total. The Morgan fingerprint density at radius 3 is 2.42 bits per heavy atom. The van der Waals surface area contributed by atoms with Crippen molar-refractivity contribution in [3.8, 4) is 5.69 Å². The number of aromatic amines is 1. The summed E-state index contributed by atoms with van der Waals surface area (Å²) in [4.78, 5) is 16.6. The first-order valence-electron chi connectivity index (χ1n) is 6.41. The minimum atomic E-state index is -0.0641. The van der Waals surface area contributed by atoms with Crippen molar-refractivity contribution in [2.75, 3.05) is 0 Å². The van der Waals surface area contributed by atoms with Gasteiger partial charge in [0, 0.05) is 18.0 Å². The Kier molecular flexibility index (Phi) is 3.69. The molecule has 0 unspecified atom stereocenters. The quantitative estimate of drug-likeness (QED) is 0.844. The molecule has 1 heterocycles. The molecule has 0 saturated carbocycles. The van der Waals surface area contributed by atoms with Crippen LogP contribution in [0.25, 0.3) is 5.69 Å². The van der Waals surface area contributed by atoms with E-state index in [2.05, 4.69) is 10.1 Å². The van der Waals surface area contributed by atoms with E-state index < -0.39 is 0 Å². The van der Waals surface area contributed by atoms with Gasteiger partial charge >= 0.3 is 0 Å². The minimum absolute atomic E-state index is 0.0641. The molecule has 0 amide bonds. The van der Waals surface area contributed by atoms with Crippen LogP contribution in [0.1, 0.15) is 30.7 Å². The van der Waals surface area contributed by atoms with Crippen molar-refractivity contribution in [2.24, 2.45) is 4.99 Å². The van der Waals surface area contributed by atoms with Crippen LogP contribution >= 0.6 is 0 Å². The number of aliphatic imine (C=N–C) groups is 1. The van der Waals surface area contributed by atoms with Gasteiger partial charge in [-0.15, -0.1) is 0 Å². The minimum Gasteiger partial charge on any atom is -0.295 e. The zero-order chi connectivity index (χ0) is 14.0. The maximum absolute atomic E-state index is 12.3. The van der Waals surface area contributed by atoms with Crippen molar-refractivity contribution in [2.45, 2.75) is 33.7 Å². The predicted molar refractivity (Wildman–Crippen MR) is 78.6 cm³/mol. The van der Waals surface area contributed by atoms with Crippen molar-refractivity contribution in [3.05, 3.63) is 51.4 Å². The molecule has 0 aliphatic carbocycles. The van der Waals surface area contributed by atoms with Gasteiger partial charge in [-0.05, 0) is 39.8 Å². The highest BCUT2D eigenvalue weighted by atomic mass is 16.1. The number of nitrogens with one attached hydrogen (secondary N) is 1. The Morgan fingerprint density at radius 2 is 1.84 bits per heavy atom. The van der Waals surface area contributed by atoms with Crippen molar-refractivity contribution in [3.63, 3.8) is 0 Å². The molecule has 0 spiro atoms. The molecule has 19 heavy (non-hydrogen) atoms. The SMILES string of the molecule is Cc1ccc(-n2[nH]c(C)c(C=NC(C)C)c2=O)cc1. The molecule has 2 rings (SSSR count). The van der Waals surface area contributed by atoms with Gasteiger partial charge in [0.05, 0.1) is 11.3 Å². The molecule has 0 aliphatic heterocycles. The summed E-state index contributed by atoms with van der Waals surface area (Å²) in [5, 5.41) is 3.09. The summed E-state index contributed by atoms with van der Waals surface area (Å²) in [7, 11) is 0. The van der Waals surface area contributed by atoms with Gasteiger partial charge in [0.1, 0.15) is 0 Å². The molecule has 0 aliphatic rings. The third-order valence-corrected chi connectivity index (χ3v) is 2.91. The summed E-state index contributed by atoms with van der Waals surface area (Å²) in [6, 6.07) is 8.01. The van der Waals surface area contributed by atoms with E-state index in [0.717, 1.165) is 11.4 Å². The lowest BCUT2D eigenvalue weighted by Crippen LogP contribution is -2.17. The second-order valence-electron chi connectivity index (χ2n) is 5.00. The number of H-pyrrole nitrogens is 1. The number of hydrogen-bond donors (Lipinski definition) is 1. The summed E-state index contributed by atoms with van der Waals surface area (Å²) in [6.07, 6.45) is 1.66. The smallest absolute Gasteiger partial charge is 0.280 e. The lowest BCUT2D eigenvalue weighted by atomic mass is 10.2. The molecule has 0 radical (unpaired) electrons. The third kappa shape index (κ3) is 2.84. The summed E-state index contributed by atoms with van der Waals surface area (Å²) < 4.78 is 1.55. The summed E-state index contributed by atoms with van der Waals surface area (Å²) in [5.41, 5.74) is 3.39. The van der Waals surface area contributed by atoms with Gasteiger partial charge < -0.3 is 0 Å². The number of rotatable bonds is 3. The maximum Gasteiger partial charge on any atom is 0.280 e. The van der Waals surface area contributed by atoms with Crippen LogP contribution in [-0.2, 0) is 0 Å². The largest absolute Gasteiger partial charge is 0.295 e. The van der Waals surface area contributed by atoms with Gasteiger partial charge in [0.15, 0.2) is 0 Å². The fraction of sp³-hybridized carbons (Fsp3) is 0.333. The zero-order valence-electron chi connectivity index (χ0n) is 11.8. The summed E-state index contributed by atoms with van der Waals surface area (Å²) >= 11 is 0. The van der Waals surface area contributed by atoms with E-state index in [1.165, 1.54) is 5.56 Å². The fourth-order valence-corrected chi connectivity index (χ4v) is 1.81. The number of aromatic nitrogens is 2. The van der Waals surface area contributed by atoms with Gasteiger partial charge in [-0.3, -0.25) is 14.9 Å². The second kappa shape index (κ2) is 5.26. The van der Waals surface area contributed by atoms with Gasteiger partial charge in [0.2, 0.25) is 0 Å².